The molecule has 1 aliphatic carbocycles. The molecule has 3 nitrogen and oxygen atoms in total. The minimum absolute atomic E-state index is 0. The smallest absolute Gasteiger partial charge is 0.0594 e. The second-order valence-electron chi connectivity index (χ2n) is 5.05. The normalized spacial score (nSPS) is 35.0. The summed E-state index contributed by atoms with van der Waals surface area (Å²) in [7, 11) is 0. The summed E-state index contributed by atoms with van der Waals surface area (Å²) in [6, 6.07) is 0. The second kappa shape index (κ2) is 7.37. The summed E-state index contributed by atoms with van der Waals surface area (Å²) >= 11 is 0. The molecule has 2 fully saturated rings. The lowest BCUT2D eigenvalue weighted by molar-refractivity contribution is -0.00406. The molecule has 1 saturated carbocycles. The van der Waals surface area contributed by atoms with Crippen molar-refractivity contribution in [2.24, 2.45) is 11.8 Å². The van der Waals surface area contributed by atoms with Gasteiger partial charge in [0.1, 0.15) is 0 Å². The van der Waals surface area contributed by atoms with E-state index in [-0.39, 0.29) is 18.5 Å². The van der Waals surface area contributed by atoms with E-state index in [4.69, 9.17) is 4.74 Å². The van der Waals surface area contributed by atoms with Gasteiger partial charge in [0.05, 0.1) is 19.3 Å². The molecule has 0 spiro atoms. The number of halogens is 1. The van der Waals surface area contributed by atoms with Crippen LogP contribution in [0.1, 0.15) is 19.3 Å². The van der Waals surface area contributed by atoms with Crippen molar-refractivity contribution < 1.29 is 9.84 Å². The molecule has 0 radical (unpaired) electrons. The highest BCUT2D eigenvalue weighted by Gasteiger charge is 2.29. The maximum Gasteiger partial charge on any atom is 0.0594 e. The third-order valence-corrected chi connectivity index (χ3v) is 3.93. The zero-order chi connectivity index (χ0) is 11.4. The fourth-order valence-corrected chi connectivity index (χ4v) is 2.78. The SMILES string of the molecule is C=CC1CCC(CN2CCOCC2)C(O)C1.Cl. The Hall–Kier alpha value is -0.0900. The van der Waals surface area contributed by atoms with Crippen molar-refractivity contribution in [3.8, 4) is 0 Å². The minimum atomic E-state index is -0.139. The first-order chi connectivity index (χ1) is 7.79. The van der Waals surface area contributed by atoms with Crippen LogP contribution in [-0.4, -0.2) is 49.0 Å². The van der Waals surface area contributed by atoms with Crippen molar-refractivity contribution in [2.45, 2.75) is 25.4 Å². The lowest BCUT2D eigenvalue weighted by atomic mass is 9.79. The summed E-state index contributed by atoms with van der Waals surface area (Å²) in [4.78, 5) is 2.42. The monoisotopic (exact) mass is 261 g/mol. The van der Waals surface area contributed by atoms with Crippen molar-refractivity contribution in [1.29, 1.82) is 0 Å². The van der Waals surface area contributed by atoms with Crippen molar-refractivity contribution in [1.82, 2.24) is 4.90 Å². The van der Waals surface area contributed by atoms with Gasteiger partial charge in [0, 0.05) is 19.6 Å². The Labute approximate surface area is 110 Å². The van der Waals surface area contributed by atoms with Crippen LogP contribution in [0.4, 0.5) is 0 Å². The molecule has 17 heavy (non-hydrogen) atoms. The molecule has 2 rings (SSSR count). The Balaban J connectivity index is 0.00000144. The van der Waals surface area contributed by atoms with Crippen LogP contribution in [0.25, 0.3) is 0 Å². The molecule has 2 aliphatic rings. The zero-order valence-corrected chi connectivity index (χ0v) is 11.2. The Morgan fingerprint density at radius 2 is 2.00 bits per heavy atom. The van der Waals surface area contributed by atoms with Gasteiger partial charge < -0.3 is 9.84 Å². The van der Waals surface area contributed by atoms with Crippen molar-refractivity contribution in [3.63, 3.8) is 0 Å². The van der Waals surface area contributed by atoms with Crippen LogP contribution in [0.5, 0.6) is 0 Å². The second-order valence-corrected chi connectivity index (χ2v) is 5.05. The first-order valence-electron chi connectivity index (χ1n) is 6.40. The van der Waals surface area contributed by atoms with Gasteiger partial charge in [0.2, 0.25) is 0 Å². The average molecular weight is 262 g/mol. The minimum Gasteiger partial charge on any atom is -0.393 e. The van der Waals surface area contributed by atoms with E-state index in [9.17, 15) is 5.11 Å². The number of ether oxygens (including phenoxy) is 1. The van der Waals surface area contributed by atoms with Crippen molar-refractivity contribution in [3.05, 3.63) is 12.7 Å². The van der Waals surface area contributed by atoms with Crippen LogP contribution in [0.3, 0.4) is 0 Å². The molecule has 3 unspecified atom stereocenters. The highest BCUT2D eigenvalue weighted by molar-refractivity contribution is 5.85. The molecule has 0 aromatic heterocycles. The molecule has 1 heterocycles. The number of nitrogens with zero attached hydrogens (tertiary/aromatic N) is 1. The van der Waals surface area contributed by atoms with Crippen LogP contribution in [0.2, 0.25) is 0 Å². The van der Waals surface area contributed by atoms with E-state index in [2.05, 4.69) is 11.5 Å². The molecule has 1 N–H and O–H groups in total. The van der Waals surface area contributed by atoms with Gasteiger partial charge in [-0.05, 0) is 31.1 Å². The Morgan fingerprint density at radius 3 is 2.59 bits per heavy atom. The van der Waals surface area contributed by atoms with Gasteiger partial charge in [-0.2, -0.15) is 0 Å². The van der Waals surface area contributed by atoms with Gasteiger partial charge in [-0.3, -0.25) is 4.90 Å². The quantitative estimate of drug-likeness (QED) is 0.785. The van der Waals surface area contributed by atoms with Crippen molar-refractivity contribution >= 4 is 12.4 Å². The Morgan fingerprint density at radius 1 is 1.29 bits per heavy atom. The van der Waals surface area contributed by atoms with Crippen molar-refractivity contribution in [2.75, 3.05) is 32.8 Å². The van der Waals surface area contributed by atoms with E-state index < -0.39 is 0 Å². The van der Waals surface area contributed by atoms with Crippen LogP contribution >= 0.6 is 12.4 Å². The van der Waals surface area contributed by atoms with E-state index in [0.717, 1.165) is 45.7 Å². The highest BCUT2D eigenvalue weighted by atomic mass is 35.5. The fraction of sp³-hybridized carbons (Fsp3) is 0.846. The number of allylic oxidation sites excluding steroid dienone is 1. The van der Waals surface area contributed by atoms with E-state index in [1.807, 2.05) is 6.08 Å². The topological polar surface area (TPSA) is 32.7 Å². The first-order valence-corrected chi connectivity index (χ1v) is 6.40. The van der Waals surface area contributed by atoms with E-state index in [0.29, 0.717) is 11.8 Å². The molecule has 0 amide bonds. The first kappa shape index (κ1) is 15.0. The van der Waals surface area contributed by atoms with Gasteiger partial charge in [-0.1, -0.05) is 6.08 Å². The third-order valence-electron chi connectivity index (χ3n) is 3.93. The van der Waals surface area contributed by atoms with Crippen LogP contribution < -0.4 is 0 Å². The number of rotatable bonds is 3. The molecule has 0 aromatic rings. The summed E-state index contributed by atoms with van der Waals surface area (Å²) in [5.74, 6) is 0.977. The number of hydrogen-bond donors (Lipinski definition) is 1. The summed E-state index contributed by atoms with van der Waals surface area (Å²) in [5.41, 5.74) is 0. The van der Waals surface area contributed by atoms with Gasteiger partial charge in [-0.25, -0.2) is 0 Å². The molecule has 0 bridgehead atoms. The highest BCUT2D eigenvalue weighted by Crippen LogP contribution is 2.30. The molecule has 4 heteroatoms. The number of hydrogen-bond acceptors (Lipinski definition) is 3. The molecule has 1 aliphatic heterocycles. The predicted octanol–water partition coefficient (Wildman–Crippen LogP) is 1.70. The number of morpholine rings is 1. The summed E-state index contributed by atoms with van der Waals surface area (Å²) in [5, 5.41) is 10.1. The fourth-order valence-electron chi connectivity index (χ4n) is 2.78. The zero-order valence-electron chi connectivity index (χ0n) is 10.4. The van der Waals surface area contributed by atoms with Gasteiger partial charge in [-0.15, -0.1) is 19.0 Å². The van der Waals surface area contributed by atoms with Crippen LogP contribution in [-0.2, 0) is 4.74 Å². The largest absolute Gasteiger partial charge is 0.393 e. The maximum atomic E-state index is 10.1. The van der Waals surface area contributed by atoms with E-state index >= 15 is 0 Å². The average Bonchev–Trinajstić information content (AvgIpc) is 2.33. The van der Waals surface area contributed by atoms with E-state index in [1.54, 1.807) is 0 Å². The molecule has 3 atom stereocenters. The van der Waals surface area contributed by atoms with Crippen LogP contribution in [0.15, 0.2) is 12.7 Å². The van der Waals surface area contributed by atoms with E-state index in [1.165, 1.54) is 6.42 Å². The molecule has 1 saturated heterocycles. The maximum absolute atomic E-state index is 10.1. The molecular formula is C13H24ClNO2. The molecule has 100 valence electrons. The summed E-state index contributed by atoms with van der Waals surface area (Å²) < 4.78 is 5.33. The third kappa shape index (κ3) is 4.25. The van der Waals surface area contributed by atoms with Gasteiger partial charge in [0.15, 0.2) is 0 Å². The lowest BCUT2D eigenvalue weighted by Gasteiger charge is -2.36. The van der Waals surface area contributed by atoms with Gasteiger partial charge >= 0.3 is 0 Å². The Bertz CT molecular complexity index is 231. The standard InChI is InChI=1S/C13H23NO2.ClH/c1-2-11-3-4-12(13(15)9-11)10-14-5-7-16-8-6-14;/h2,11-13,15H,1,3-10H2;1H. The number of aliphatic hydroxyl groups excluding tert-OH is 1. The number of aliphatic hydroxyl groups is 1. The lowest BCUT2D eigenvalue weighted by Crippen LogP contribution is -2.43. The molecule has 0 aromatic carbocycles. The summed E-state index contributed by atoms with van der Waals surface area (Å²) in [6.45, 7) is 8.59. The molecular weight excluding hydrogens is 238 g/mol. The van der Waals surface area contributed by atoms with Crippen LogP contribution in [0, 0.1) is 11.8 Å². The van der Waals surface area contributed by atoms with Gasteiger partial charge in [0.25, 0.3) is 0 Å². The Kier molecular flexibility index (Phi) is 6.49. The summed E-state index contributed by atoms with van der Waals surface area (Å²) in [6.07, 6.45) is 5.08. The predicted molar refractivity (Wildman–Crippen MR) is 71.5 cm³/mol.